The summed E-state index contributed by atoms with van der Waals surface area (Å²) < 4.78 is 5.47. The Morgan fingerprint density at radius 1 is 1.18 bits per heavy atom. The Kier molecular flexibility index (Phi) is 8.03. The van der Waals surface area contributed by atoms with Crippen molar-refractivity contribution in [3.63, 3.8) is 0 Å². The lowest BCUT2D eigenvalue weighted by atomic mass is 10.2. The van der Waals surface area contributed by atoms with Crippen LogP contribution in [0, 0.1) is 6.92 Å². The summed E-state index contributed by atoms with van der Waals surface area (Å²) >= 11 is 0. The van der Waals surface area contributed by atoms with Gasteiger partial charge in [-0.1, -0.05) is 33.1 Å². The molecule has 0 rings (SSSR count). The minimum Gasteiger partial charge on any atom is -0.378 e. The first kappa shape index (κ1) is 11.0. The minimum absolute atomic E-state index is 0.219. The van der Waals surface area contributed by atoms with Crippen molar-refractivity contribution in [1.82, 2.24) is 0 Å². The normalized spacial score (nSPS) is 13.4. The summed E-state index contributed by atoms with van der Waals surface area (Å²) in [6.07, 6.45) is 6.20. The molecule has 0 amide bonds. The topological polar surface area (TPSA) is 9.23 Å². The molecular formula is C10H21O. The molecule has 1 nitrogen and oxygen atoms in total. The molecule has 0 N–H and O–H groups in total. The first-order valence-corrected chi connectivity index (χ1v) is 4.76. The number of hydrogen-bond acceptors (Lipinski definition) is 1. The number of ether oxygens (including phenoxy) is 1. The molecule has 11 heavy (non-hydrogen) atoms. The SMILES string of the molecule is [CH2]C(CCC)OCCCCC. The quantitative estimate of drug-likeness (QED) is 0.516. The Morgan fingerprint density at radius 3 is 2.45 bits per heavy atom. The Balaban J connectivity index is 2.97. The summed E-state index contributed by atoms with van der Waals surface area (Å²) in [7, 11) is 0. The molecule has 0 aromatic rings. The fourth-order valence-corrected chi connectivity index (χ4v) is 1.01. The average molecular weight is 157 g/mol. The zero-order valence-corrected chi connectivity index (χ0v) is 7.94. The van der Waals surface area contributed by atoms with E-state index in [0.29, 0.717) is 0 Å². The number of hydrogen-bond donors (Lipinski definition) is 0. The highest BCUT2D eigenvalue weighted by Gasteiger charge is 1.98. The predicted octanol–water partition coefficient (Wildman–Crippen LogP) is 3.20. The van der Waals surface area contributed by atoms with E-state index in [9.17, 15) is 0 Å². The van der Waals surface area contributed by atoms with E-state index in [1.54, 1.807) is 0 Å². The summed E-state index contributed by atoms with van der Waals surface area (Å²) in [5, 5.41) is 0. The van der Waals surface area contributed by atoms with Crippen molar-refractivity contribution in [1.29, 1.82) is 0 Å². The Morgan fingerprint density at radius 2 is 1.91 bits per heavy atom. The maximum absolute atomic E-state index is 5.47. The second-order valence-electron chi connectivity index (χ2n) is 2.99. The largest absolute Gasteiger partial charge is 0.378 e. The van der Waals surface area contributed by atoms with Gasteiger partial charge in [-0.2, -0.15) is 0 Å². The predicted molar refractivity (Wildman–Crippen MR) is 49.5 cm³/mol. The van der Waals surface area contributed by atoms with Gasteiger partial charge in [0.25, 0.3) is 0 Å². The Hall–Kier alpha value is -0.0400. The van der Waals surface area contributed by atoms with Crippen LogP contribution in [-0.2, 0) is 4.74 Å². The van der Waals surface area contributed by atoms with Gasteiger partial charge in [0.05, 0.1) is 6.10 Å². The van der Waals surface area contributed by atoms with Gasteiger partial charge in [0, 0.05) is 6.61 Å². The smallest absolute Gasteiger partial charge is 0.0576 e. The summed E-state index contributed by atoms with van der Waals surface area (Å²) in [6.45, 7) is 9.16. The van der Waals surface area contributed by atoms with Crippen molar-refractivity contribution in [3.8, 4) is 0 Å². The van der Waals surface area contributed by atoms with Gasteiger partial charge in [-0.05, 0) is 19.8 Å². The first-order chi connectivity index (χ1) is 5.31. The van der Waals surface area contributed by atoms with E-state index in [4.69, 9.17) is 4.74 Å². The van der Waals surface area contributed by atoms with E-state index in [2.05, 4.69) is 20.8 Å². The second kappa shape index (κ2) is 8.06. The molecule has 0 saturated carbocycles. The standard InChI is InChI=1S/C10H21O/c1-4-6-7-9-11-10(3)8-5-2/h10H,3-9H2,1-2H3. The zero-order valence-electron chi connectivity index (χ0n) is 7.94. The molecule has 1 heteroatoms. The molecule has 0 saturated heterocycles. The third-order valence-electron chi connectivity index (χ3n) is 1.71. The highest BCUT2D eigenvalue weighted by atomic mass is 16.5. The third kappa shape index (κ3) is 7.86. The van der Waals surface area contributed by atoms with Crippen molar-refractivity contribution in [3.05, 3.63) is 6.92 Å². The maximum Gasteiger partial charge on any atom is 0.0576 e. The van der Waals surface area contributed by atoms with Crippen molar-refractivity contribution in [2.75, 3.05) is 6.61 Å². The fourth-order valence-electron chi connectivity index (χ4n) is 1.01. The van der Waals surface area contributed by atoms with Crippen molar-refractivity contribution in [2.24, 2.45) is 0 Å². The van der Waals surface area contributed by atoms with Crippen LogP contribution in [0.3, 0.4) is 0 Å². The van der Waals surface area contributed by atoms with Gasteiger partial charge in [-0.15, -0.1) is 0 Å². The van der Waals surface area contributed by atoms with Crippen LogP contribution >= 0.6 is 0 Å². The third-order valence-corrected chi connectivity index (χ3v) is 1.71. The van der Waals surface area contributed by atoms with Crippen LogP contribution in [0.5, 0.6) is 0 Å². The van der Waals surface area contributed by atoms with Crippen LogP contribution in [0.2, 0.25) is 0 Å². The van der Waals surface area contributed by atoms with E-state index in [1.165, 1.54) is 25.7 Å². The van der Waals surface area contributed by atoms with E-state index in [-0.39, 0.29) is 6.10 Å². The van der Waals surface area contributed by atoms with Gasteiger partial charge in [-0.25, -0.2) is 0 Å². The molecule has 0 aromatic heterocycles. The molecule has 0 aliphatic rings. The molecule has 0 aliphatic heterocycles. The van der Waals surface area contributed by atoms with Crippen LogP contribution in [0.1, 0.15) is 46.0 Å². The lowest BCUT2D eigenvalue weighted by Gasteiger charge is -2.10. The van der Waals surface area contributed by atoms with Crippen LogP contribution in [0.15, 0.2) is 0 Å². The lowest BCUT2D eigenvalue weighted by Crippen LogP contribution is -2.08. The molecule has 1 radical (unpaired) electrons. The van der Waals surface area contributed by atoms with E-state index >= 15 is 0 Å². The molecule has 67 valence electrons. The van der Waals surface area contributed by atoms with Gasteiger partial charge in [0.1, 0.15) is 0 Å². The zero-order chi connectivity index (χ0) is 8.53. The summed E-state index contributed by atoms with van der Waals surface area (Å²) in [6, 6.07) is 0. The molecule has 0 spiro atoms. The lowest BCUT2D eigenvalue weighted by molar-refractivity contribution is 0.0743. The Labute approximate surface area is 71.1 Å². The summed E-state index contributed by atoms with van der Waals surface area (Å²) in [5.74, 6) is 0. The average Bonchev–Trinajstić information content (AvgIpc) is 1.99. The summed E-state index contributed by atoms with van der Waals surface area (Å²) in [4.78, 5) is 0. The van der Waals surface area contributed by atoms with Gasteiger partial charge < -0.3 is 4.74 Å². The second-order valence-corrected chi connectivity index (χ2v) is 2.99. The highest BCUT2D eigenvalue weighted by molar-refractivity contribution is 4.57. The van der Waals surface area contributed by atoms with Crippen LogP contribution in [0.25, 0.3) is 0 Å². The van der Waals surface area contributed by atoms with E-state index in [1.807, 2.05) is 0 Å². The number of rotatable bonds is 7. The highest BCUT2D eigenvalue weighted by Crippen LogP contribution is 2.02. The maximum atomic E-state index is 5.47. The van der Waals surface area contributed by atoms with Gasteiger partial charge in [0.2, 0.25) is 0 Å². The molecular weight excluding hydrogens is 136 g/mol. The molecule has 1 unspecified atom stereocenters. The first-order valence-electron chi connectivity index (χ1n) is 4.76. The van der Waals surface area contributed by atoms with Crippen molar-refractivity contribution in [2.45, 2.75) is 52.1 Å². The van der Waals surface area contributed by atoms with Crippen LogP contribution in [0.4, 0.5) is 0 Å². The van der Waals surface area contributed by atoms with Gasteiger partial charge in [0.15, 0.2) is 0 Å². The van der Waals surface area contributed by atoms with Crippen molar-refractivity contribution >= 4 is 0 Å². The molecule has 0 aromatic carbocycles. The summed E-state index contributed by atoms with van der Waals surface area (Å²) in [5.41, 5.74) is 0. The monoisotopic (exact) mass is 157 g/mol. The Bertz CT molecular complexity index is 71.3. The molecule has 0 bridgehead atoms. The van der Waals surface area contributed by atoms with Crippen LogP contribution in [-0.4, -0.2) is 12.7 Å². The molecule has 1 atom stereocenters. The number of unbranched alkanes of at least 4 members (excludes halogenated alkanes) is 2. The molecule has 0 heterocycles. The van der Waals surface area contributed by atoms with Crippen molar-refractivity contribution < 1.29 is 4.74 Å². The van der Waals surface area contributed by atoms with Gasteiger partial charge >= 0.3 is 0 Å². The van der Waals surface area contributed by atoms with Crippen LogP contribution < -0.4 is 0 Å². The van der Waals surface area contributed by atoms with Gasteiger partial charge in [-0.3, -0.25) is 0 Å². The molecule has 0 fully saturated rings. The van der Waals surface area contributed by atoms with E-state index in [0.717, 1.165) is 13.0 Å². The van der Waals surface area contributed by atoms with E-state index < -0.39 is 0 Å². The molecule has 0 aliphatic carbocycles. The fraction of sp³-hybridized carbons (Fsp3) is 0.900. The minimum atomic E-state index is 0.219.